The van der Waals surface area contributed by atoms with Crippen molar-refractivity contribution in [2.75, 3.05) is 5.32 Å². The van der Waals surface area contributed by atoms with Crippen molar-refractivity contribution >= 4 is 17.3 Å². The molecular formula is C15H13FN2O3. The van der Waals surface area contributed by atoms with Crippen LogP contribution in [-0.2, 0) is 0 Å². The minimum absolute atomic E-state index is 0.0511. The quantitative estimate of drug-likeness (QED) is 0.461. The van der Waals surface area contributed by atoms with E-state index >= 15 is 0 Å². The number of hydrogen-bond acceptors (Lipinski definition) is 4. The molecule has 6 heteroatoms. The van der Waals surface area contributed by atoms with Crippen molar-refractivity contribution in [2.45, 2.75) is 6.92 Å². The number of hydrogen-bond donors (Lipinski definition) is 3. The Balaban J connectivity index is 2.32. The molecule has 0 aliphatic heterocycles. The summed E-state index contributed by atoms with van der Waals surface area (Å²) >= 11 is 0. The van der Waals surface area contributed by atoms with Gasteiger partial charge in [0.05, 0.1) is 17.0 Å². The summed E-state index contributed by atoms with van der Waals surface area (Å²) in [5.74, 6) is -1.67. The number of phenols is 1. The van der Waals surface area contributed by atoms with Crippen LogP contribution in [0.1, 0.15) is 22.8 Å². The molecule has 0 unspecified atom stereocenters. The van der Waals surface area contributed by atoms with Gasteiger partial charge in [-0.2, -0.15) is 0 Å². The number of aromatic hydroxyl groups is 1. The third-order valence-corrected chi connectivity index (χ3v) is 2.92. The molecule has 0 fully saturated rings. The van der Waals surface area contributed by atoms with E-state index in [0.29, 0.717) is 17.0 Å². The van der Waals surface area contributed by atoms with Gasteiger partial charge in [0.15, 0.2) is 0 Å². The molecule has 0 saturated carbocycles. The standard InChI is InChI=1S/C15H13FN2O3/c1-9(18-21)11-4-2-3-5-13(11)17-15(20)12-7-6-10(16)8-14(12)19/h2-8,19,21H,1H3,(H,17,20)/b18-9-. The second-order valence-corrected chi connectivity index (χ2v) is 4.35. The van der Waals surface area contributed by atoms with E-state index < -0.39 is 17.5 Å². The minimum atomic E-state index is -0.632. The van der Waals surface area contributed by atoms with Crippen molar-refractivity contribution in [1.29, 1.82) is 0 Å². The number of para-hydroxylation sites is 1. The van der Waals surface area contributed by atoms with Crippen LogP contribution in [0.2, 0.25) is 0 Å². The van der Waals surface area contributed by atoms with Crippen LogP contribution in [-0.4, -0.2) is 21.9 Å². The van der Waals surface area contributed by atoms with Crippen molar-refractivity contribution in [3.8, 4) is 5.75 Å². The second-order valence-electron chi connectivity index (χ2n) is 4.35. The Labute approximate surface area is 120 Å². The molecule has 0 aliphatic rings. The van der Waals surface area contributed by atoms with E-state index in [0.717, 1.165) is 12.1 Å². The van der Waals surface area contributed by atoms with Crippen molar-refractivity contribution < 1.29 is 19.5 Å². The van der Waals surface area contributed by atoms with Crippen LogP contribution in [0, 0.1) is 5.82 Å². The number of carbonyl (C=O) groups is 1. The van der Waals surface area contributed by atoms with Gasteiger partial charge in [0, 0.05) is 11.6 Å². The van der Waals surface area contributed by atoms with Crippen LogP contribution >= 0.6 is 0 Å². The molecule has 1 amide bonds. The van der Waals surface area contributed by atoms with Gasteiger partial charge in [-0.15, -0.1) is 0 Å². The first-order chi connectivity index (χ1) is 10.0. The number of carbonyl (C=O) groups excluding carboxylic acids is 1. The van der Waals surface area contributed by atoms with Gasteiger partial charge in [-0.3, -0.25) is 4.79 Å². The Morgan fingerprint density at radius 2 is 1.90 bits per heavy atom. The summed E-state index contributed by atoms with van der Waals surface area (Å²) in [6, 6.07) is 9.87. The molecule has 0 radical (unpaired) electrons. The summed E-state index contributed by atoms with van der Waals surface area (Å²) in [6.45, 7) is 1.58. The molecule has 5 nitrogen and oxygen atoms in total. The Bertz CT molecular complexity index is 714. The molecule has 2 aromatic rings. The van der Waals surface area contributed by atoms with Crippen molar-refractivity contribution in [1.82, 2.24) is 0 Å². The molecule has 108 valence electrons. The number of oxime groups is 1. The molecule has 3 N–H and O–H groups in total. The summed E-state index contributed by atoms with van der Waals surface area (Å²) in [4.78, 5) is 12.1. The molecule has 0 bridgehead atoms. The van der Waals surface area contributed by atoms with E-state index in [-0.39, 0.29) is 5.56 Å². The average molecular weight is 288 g/mol. The van der Waals surface area contributed by atoms with Crippen LogP contribution in [0.3, 0.4) is 0 Å². The first kappa shape index (κ1) is 14.5. The molecule has 0 atom stereocenters. The monoisotopic (exact) mass is 288 g/mol. The van der Waals surface area contributed by atoms with Crippen LogP contribution in [0.4, 0.5) is 10.1 Å². The Hall–Kier alpha value is -2.89. The van der Waals surface area contributed by atoms with E-state index in [1.165, 1.54) is 6.07 Å². The largest absolute Gasteiger partial charge is 0.507 e. The molecule has 0 aliphatic carbocycles. The van der Waals surface area contributed by atoms with Crippen molar-refractivity contribution in [2.24, 2.45) is 5.16 Å². The SMILES string of the molecule is C/C(=N/O)c1ccccc1NC(=O)c1ccc(F)cc1O. The predicted octanol–water partition coefficient (Wildman–Crippen LogP) is 2.98. The van der Waals surface area contributed by atoms with Gasteiger partial charge in [0.2, 0.25) is 0 Å². The first-order valence-corrected chi connectivity index (χ1v) is 6.11. The predicted molar refractivity (Wildman–Crippen MR) is 76.5 cm³/mol. The fourth-order valence-electron chi connectivity index (χ4n) is 1.85. The molecular weight excluding hydrogens is 275 g/mol. The minimum Gasteiger partial charge on any atom is -0.507 e. The fraction of sp³-hybridized carbons (Fsp3) is 0.0667. The van der Waals surface area contributed by atoms with Crippen molar-refractivity contribution in [3.63, 3.8) is 0 Å². The molecule has 0 heterocycles. The van der Waals surface area contributed by atoms with Gasteiger partial charge in [-0.05, 0) is 25.1 Å². The summed E-state index contributed by atoms with van der Waals surface area (Å²) in [6.07, 6.45) is 0. The van der Waals surface area contributed by atoms with Gasteiger partial charge in [0.25, 0.3) is 5.91 Å². The van der Waals surface area contributed by atoms with Crippen LogP contribution in [0.25, 0.3) is 0 Å². The number of nitrogens with zero attached hydrogens (tertiary/aromatic N) is 1. The molecule has 0 saturated heterocycles. The zero-order chi connectivity index (χ0) is 15.4. The van der Waals surface area contributed by atoms with E-state index in [4.69, 9.17) is 5.21 Å². The van der Waals surface area contributed by atoms with E-state index in [1.807, 2.05) is 0 Å². The number of phenolic OH excluding ortho intramolecular Hbond substituents is 1. The maximum atomic E-state index is 12.9. The highest BCUT2D eigenvalue weighted by Gasteiger charge is 2.14. The number of halogens is 1. The zero-order valence-electron chi connectivity index (χ0n) is 11.2. The third kappa shape index (κ3) is 3.17. The Morgan fingerprint density at radius 3 is 2.57 bits per heavy atom. The average Bonchev–Trinajstić information content (AvgIpc) is 2.46. The zero-order valence-corrected chi connectivity index (χ0v) is 11.2. The highest BCUT2D eigenvalue weighted by Crippen LogP contribution is 2.21. The van der Waals surface area contributed by atoms with Crippen LogP contribution < -0.4 is 5.32 Å². The van der Waals surface area contributed by atoms with E-state index in [1.54, 1.807) is 31.2 Å². The number of anilines is 1. The van der Waals surface area contributed by atoms with Gasteiger partial charge >= 0.3 is 0 Å². The summed E-state index contributed by atoms with van der Waals surface area (Å²) < 4.78 is 12.9. The number of nitrogens with one attached hydrogen (secondary N) is 1. The van der Waals surface area contributed by atoms with Crippen LogP contribution in [0.5, 0.6) is 5.75 Å². The van der Waals surface area contributed by atoms with Crippen LogP contribution in [0.15, 0.2) is 47.6 Å². The molecule has 21 heavy (non-hydrogen) atoms. The lowest BCUT2D eigenvalue weighted by Gasteiger charge is -2.11. The first-order valence-electron chi connectivity index (χ1n) is 6.11. The molecule has 2 aromatic carbocycles. The normalized spacial score (nSPS) is 11.2. The fourth-order valence-corrected chi connectivity index (χ4v) is 1.85. The lowest BCUT2D eigenvalue weighted by Crippen LogP contribution is -2.14. The molecule has 0 aromatic heterocycles. The lowest BCUT2D eigenvalue weighted by molar-refractivity contribution is 0.102. The highest BCUT2D eigenvalue weighted by atomic mass is 19.1. The Kier molecular flexibility index (Phi) is 4.18. The van der Waals surface area contributed by atoms with Gasteiger partial charge in [-0.1, -0.05) is 23.4 Å². The van der Waals surface area contributed by atoms with Gasteiger partial charge in [0.1, 0.15) is 11.6 Å². The summed E-state index contributed by atoms with van der Waals surface area (Å²) in [5.41, 5.74) is 1.23. The van der Waals surface area contributed by atoms with E-state index in [2.05, 4.69) is 10.5 Å². The molecule has 2 rings (SSSR count). The maximum absolute atomic E-state index is 12.9. The number of amides is 1. The summed E-state index contributed by atoms with van der Waals surface area (Å²) in [5, 5.41) is 24.1. The number of benzene rings is 2. The third-order valence-electron chi connectivity index (χ3n) is 2.92. The topological polar surface area (TPSA) is 81.9 Å². The van der Waals surface area contributed by atoms with E-state index in [9.17, 15) is 14.3 Å². The second kappa shape index (κ2) is 6.04. The summed E-state index contributed by atoms with van der Waals surface area (Å²) in [7, 11) is 0. The van der Waals surface area contributed by atoms with Gasteiger partial charge < -0.3 is 15.6 Å². The lowest BCUT2D eigenvalue weighted by atomic mass is 10.1. The van der Waals surface area contributed by atoms with Gasteiger partial charge in [-0.25, -0.2) is 4.39 Å². The number of rotatable bonds is 3. The highest BCUT2D eigenvalue weighted by molar-refractivity contribution is 6.11. The Morgan fingerprint density at radius 1 is 1.19 bits per heavy atom. The maximum Gasteiger partial charge on any atom is 0.259 e. The van der Waals surface area contributed by atoms with Crippen molar-refractivity contribution in [3.05, 3.63) is 59.4 Å². The molecule has 0 spiro atoms. The smallest absolute Gasteiger partial charge is 0.259 e.